The summed E-state index contributed by atoms with van der Waals surface area (Å²) in [6, 6.07) is 0. The molecule has 0 aromatic carbocycles. The lowest BCUT2D eigenvalue weighted by atomic mass is 10.2. The number of thiazole rings is 1. The summed E-state index contributed by atoms with van der Waals surface area (Å²) in [7, 11) is 0. The third-order valence-electron chi connectivity index (χ3n) is 2.43. The molecule has 18 heavy (non-hydrogen) atoms. The minimum Gasteiger partial charge on any atom is -0.246 e. The van der Waals surface area contributed by atoms with Gasteiger partial charge in [0.25, 0.3) is 0 Å². The van der Waals surface area contributed by atoms with Crippen LogP contribution < -0.4 is 0 Å². The maximum absolute atomic E-state index is 6.13. The summed E-state index contributed by atoms with van der Waals surface area (Å²) in [5.74, 6) is 0.624. The van der Waals surface area contributed by atoms with Crippen molar-refractivity contribution in [2.75, 3.05) is 0 Å². The zero-order valence-electron chi connectivity index (χ0n) is 10.2. The smallest absolute Gasteiger partial charge is 0.138 e. The van der Waals surface area contributed by atoms with Crippen LogP contribution in [0.25, 0.3) is 0 Å². The lowest BCUT2D eigenvalue weighted by Crippen LogP contribution is -2.01. The van der Waals surface area contributed by atoms with Gasteiger partial charge in [-0.15, -0.1) is 11.3 Å². The summed E-state index contributed by atoms with van der Waals surface area (Å²) < 4.78 is 0. The van der Waals surface area contributed by atoms with Crippen molar-refractivity contribution >= 4 is 34.5 Å². The first-order chi connectivity index (χ1) is 8.60. The fourth-order valence-electron chi connectivity index (χ4n) is 1.63. The van der Waals surface area contributed by atoms with Gasteiger partial charge in [-0.3, -0.25) is 0 Å². The zero-order valence-corrected chi connectivity index (χ0v) is 12.5. The van der Waals surface area contributed by atoms with E-state index in [4.69, 9.17) is 23.2 Å². The van der Waals surface area contributed by atoms with Crippen LogP contribution in [0.15, 0.2) is 5.38 Å². The van der Waals surface area contributed by atoms with Crippen LogP contribution in [0, 0.1) is 6.92 Å². The molecule has 0 saturated heterocycles. The van der Waals surface area contributed by atoms with Gasteiger partial charge in [0.05, 0.1) is 6.42 Å². The molecule has 0 atom stereocenters. The second-order valence-corrected chi connectivity index (χ2v) is 5.67. The number of hydrogen-bond donors (Lipinski definition) is 0. The predicted molar refractivity (Wildman–Crippen MR) is 75.7 cm³/mol. The maximum Gasteiger partial charge on any atom is 0.138 e. The van der Waals surface area contributed by atoms with Crippen molar-refractivity contribution in [1.82, 2.24) is 15.0 Å². The fourth-order valence-corrected chi connectivity index (χ4v) is 3.01. The van der Waals surface area contributed by atoms with E-state index < -0.39 is 0 Å². The number of halogens is 2. The molecule has 0 N–H and O–H groups in total. The standard InChI is InChI=1S/C12H13Cl2N3S/c1-3-4-8-11(13)16-9(17-12(8)14)5-10-15-7(2)6-18-10/h6H,3-5H2,1-2H3. The van der Waals surface area contributed by atoms with Crippen molar-refractivity contribution < 1.29 is 0 Å². The molecule has 0 amide bonds. The van der Waals surface area contributed by atoms with Gasteiger partial charge in [-0.05, 0) is 13.3 Å². The molecule has 0 bridgehead atoms. The van der Waals surface area contributed by atoms with Gasteiger partial charge < -0.3 is 0 Å². The summed E-state index contributed by atoms with van der Waals surface area (Å²) in [6.07, 6.45) is 2.34. The van der Waals surface area contributed by atoms with Crippen LogP contribution in [0.3, 0.4) is 0 Å². The fraction of sp³-hybridized carbons (Fsp3) is 0.417. The van der Waals surface area contributed by atoms with Gasteiger partial charge in [0.2, 0.25) is 0 Å². The normalized spacial score (nSPS) is 10.9. The van der Waals surface area contributed by atoms with E-state index in [1.807, 2.05) is 12.3 Å². The molecule has 2 rings (SSSR count). The molecular weight excluding hydrogens is 289 g/mol. The minimum absolute atomic E-state index is 0.458. The summed E-state index contributed by atoms with van der Waals surface area (Å²) in [4.78, 5) is 13.0. The van der Waals surface area contributed by atoms with Crippen molar-refractivity contribution in [3.8, 4) is 0 Å². The average Bonchev–Trinajstić information content (AvgIpc) is 2.69. The van der Waals surface area contributed by atoms with Crippen LogP contribution in [0.5, 0.6) is 0 Å². The van der Waals surface area contributed by atoms with Gasteiger partial charge in [-0.2, -0.15) is 0 Å². The van der Waals surface area contributed by atoms with Crippen LogP contribution in [0.2, 0.25) is 10.3 Å². The molecule has 0 aliphatic heterocycles. The van der Waals surface area contributed by atoms with Gasteiger partial charge in [0.1, 0.15) is 21.1 Å². The molecule has 6 heteroatoms. The molecule has 2 heterocycles. The van der Waals surface area contributed by atoms with E-state index in [0.29, 0.717) is 22.6 Å². The van der Waals surface area contributed by atoms with E-state index in [2.05, 4.69) is 21.9 Å². The van der Waals surface area contributed by atoms with Crippen molar-refractivity contribution in [1.29, 1.82) is 0 Å². The molecule has 0 fully saturated rings. The van der Waals surface area contributed by atoms with Gasteiger partial charge >= 0.3 is 0 Å². The Morgan fingerprint density at radius 1 is 1.17 bits per heavy atom. The van der Waals surface area contributed by atoms with E-state index in [1.165, 1.54) is 0 Å². The number of nitrogens with zero attached hydrogens (tertiary/aromatic N) is 3. The van der Waals surface area contributed by atoms with Crippen LogP contribution in [0.1, 0.15) is 35.4 Å². The molecule has 2 aromatic rings. The third kappa shape index (κ3) is 3.19. The van der Waals surface area contributed by atoms with Crippen LogP contribution in [-0.2, 0) is 12.8 Å². The topological polar surface area (TPSA) is 38.7 Å². The molecule has 3 nitrogen and oxygen atoms in total. The van der Waals surface area contributed by atoms with Crippen LogP contribution >= 0.6 is 34.5 Å². The van der Waals surface area contributed by atoms with Crippen LogP contribution in [-0.4, -0.2) is 15.0 Å². The number of aryl methyl sites for hydroxylation is 1. The second kappa shape index (κ2) is 5.95. The molecule has 0 radical (unpaired) electrons. The summed E-state index contributed by atoms with van der Waals surface area (Å²) in [6.45, 7) is 4.03. The SMILES string of the molecule is CCCc1c(Cl)nc(Cc2nc(C)cs2)nc1Cl. The Bertz CT molecular complexity index is 531. The van der Waals surface area contributed by atoms with Crippen molar-refractivity contribution in [3.63, 3.8) is 0 Å². The summed E-state index contributed by atoms with van der Waals surface area (Å²) in [5.41, 5.74) is 1.84. The maximum atomic E-state index is 6.13. The van der Waals surface area contributed by atoms with E-state index in [9.17, 15) is 0 Å². The minimum atomic E-state index is 0.458. The summed E-state index contributed by atoms with van der Waals surface area (Å²) in [5, 5.41) is 3.90. The molecule has 0 spiro atoms. The van der Waals surface area contributed by atoms with E-state index in [0.717, 1.165) is 29.1 Å². The average molecular weight is 302 g/mol. The molecule has 0 aliphatic carbocycles. The van der Waals surface area contributed by atoms with Gasteiger partial charge in [0.15, 0.2) is 0 Å². The highest BCUT2D eigenvalue weighted by molar-refractivity contribution is 7.09. The lowest BCUT2D eigenvalue weighted by Gasteiger charge is -2.06. The van der Waals surface area contributed by atoms with Crippen molar-refractivity contribution in [3.05, 3.63) is 37.8 Å². The Morgan fingerprint density at radius 2 is 1.83 bits per heavy atom. The highest BCUT2D eigenvalue weighted by atomic mass is 35.5. The monoisotopic (exact) mass is 301 g/mol. The van der Waals surface area contributed by atoms with E-state index in [1.54, 1.807) is 11.3 Å². The predicted octanol–water partition coefficient (Wildman–Crippen LogP) is 4.09. The first-order valence-corrected chi connectivity index (χ1v) is 7.35. The van der Waals surface area contributed by atoms with Crippen molar-refractivity contribution in [2.45, 2.75) is 33.1 Å². The molecular formula is C12H13Cl2N3S. The van der Waals surface area contributed by atoms with Gasteiger partial charge in [-0.1, -0.05) is 36.5 Å². The Balaban J connectivity index is 2.25. The van der Waals surface area contributed by atoms with E-state index >= 15 is 0 Å². The molecule has 0 aliphatic rings. The third-order valence-corrected chi connectivity index (χ3v) is 4.02. The Hall–Kier alpha value is -0.710. The Morgan fingerprint density at radius 3 is 2.33 bits per heavy atom. The number of rotatable bonds is 4. The first-order valence-electron chi connectivity index (χ1n) is 5.72. The lowest BCUT2D eigenvalue weighted by molar-refractivity contribution is 0.874. The highest BCUT2D eigenvalue weighted by Crippen LogP contribution is 2.23. The van der Waals surface area contributed by atoms with Gasteiger partial charge in [-0.25, -0.2) is 15.0 Å². The second-order valence-electron chi connectivity index (χ2n) is 4.01. The van der Waals surface area contributed by atoms with Gasteiger partial charge in [0, 0.05) is 16.6 Å². The Kier molecular flexibility index (Phi) is 4.54. The van der Waals surface area contributed by atoms with E-state index in [-0.39, 0.29) is 0 Å². The number of hydrogen-bond acceptors (Lipinski definition) is 4. The first kappa shape index (κ1) is 13.7. The molecule has 0 saturated carbocycles. The molecule has 0 unspecified atom stereocenters. The molecule has 2 aromatic heterocycles. The Labute approximate surface area is 120 Å². The number of aromatic nitrogens is 3. The molecule has 96 valence electrons. The largest absolute Gasteiger partial charge is 0.246 e. The van der Waals surface area contributed by atoms with Crippen LogP contribution in [0.4, 0.5) is 0 Å². The summed E-state index contributed by atoms with van der Waals surface area (Å²) >= 11 is 13.9. The highest BCUT2D eigenvalue weighted by Gasteiger charge is 2.12. The quantitative estimate of drug-likeness (QED) is 0.798. The van der Waals surface area contributed by atoms with Crippen molar-refractivity contribution in [2.24, 2.45) is 0 Å². The zero-order chi connectivity index (χ0) is 13.1.